The Kier molecular flexibility index (Phi) is 2.86. The van der Waals surface area contributed by atoms with Crippen LogP contribution in [0.2, 0.25) is 0 Å². The van der Waals surface area contributed by atoms with E-state index >= 15 is 0 Å². The van der Waals surface area contributed by atoms with Gasteiger partial charge in [0.2, 0.25) is 0 Å². The van der Waals surface area contributed by atoms with Crippen LogP contribution in [-0.2, 0) is 12.6 Å². The summed E-state index contributed by atoms with van der Waals surface area (Å²) in [6, 6.07) is 5.08. The Labute approximate surface area is 93.9 Å². The second-order valence-electron chi connectivity index (χ2n) is 3.36. The van der Waals surface area contributed by atoms with Crippen molar-refractivity contribution in [2.75, 3.05) is 6.54 Å². The minimum absolute atomic E-state index is 0.387. The number of hydrogen-bond acceptors (Lipinski definition) is 3. The average Bonchev–Trinajstić information content (AvgIpc) is 2.60. The van der Waals surface area contributed by atoms with E-state index in [-0.39, 0.29) is 0 Å². The quantitative estimate of drug-likeness (QED) is 0.885. The molecule has 86 valence electrons. The summed E-state index contributed by atoms with van der Waals surface area (Å²) in [5.74, 6) is 0. The minimum Gasteiger partial charge on any atom is -0.330 e. The maximum absolute atomic E-state index is 12.4. The van der Waals surface area contributed by atoms with Crippen LogP contribution in [0.5, 0.6) is 0 Å². The van der Waals surface area contributed by atoms with Crippen molar-refractivity contribution in [3.63, 3.8) is 0 Å². The molecule has 0 amide bonds. The fourth-order valence-electron chi connectivity index (χ4n) is 1.41. The van der Waals surface area contributed by atoms with Gasteiger partial charge in [0, 0.05) is 0 Å². The Morgan fingerprint density at radius 1 is 1.31 bits per heavy atom. The molecule has 0 aliphatic carbocycles. The zero-order valence-electron chi connectivity index (χ0n) is 8.21. The Balaban J connectivity index is 2.46. The minimum atomic E-state index is -4.36. The van der Waals surface area contributed by atoms with E-state index in [1.165, 1.54) is 0 Å². The lowest BCUT2D eigenvalue weighted by molar-refractivity contribution is -0.137. The van der Waals surface area contributed by atoms with Crippen LogP contribution in [0.25, 0.3) is 10.2 Å². The fourth-order valence-corrected chi connectivity index (χ4v) is 2.31. The third-order valence-corrected chi connectivity index (χ3v) is 3.19. The van der Waals surface area contributed by atoms with Crippen molar-refractivity contribution in [3.05, 3.63) is 28.8 Å². The van der Waals surface area contributed by atoms with Crippen LogP contribution in [0.1, 0.15) is 10.6 Å². The molecule has 0 fully saturated rings. The van der Waals surface area contributed by atoms with E-state index < -0.39 is 11.2 Å². The Morgan fingerprint density at radius 3 is 2.69 bits per heavy atom. The SMILES string of the molecule is NCCc1ccc2nc(C(F)(F)F)sc2c1. The highest BCUT2D eigenvalue weighted by atomic mass is 32.1. The van der Waals surface area contributed by atoms with Crippen molar-refractivity contribution in [2.24, 2.45) is 5.73 Å². The highest BCUT2D eigenvalue weighted by Gasteiger charge is 2.34. The molecule has 1 heterocycles. The van der Waals surface area contributed by atoms with Gasteiger partial charge in [-0.15, -0.1) is 11.3 Å². The van der Waals surface area contributed by atoms with Gasteiger partial charge in [0.25, 0.3) is 0 Å². The summed E-state index contributed by atoms with van der Waals surface area (Å²) in [6.45, 7) is 0.483. The predicted octanol–water partition coefficient (Wildman–Crippen LogP) is 2.82. The Bertz CT molecular complexity index is 504. The first-order chi connectivity index (χ1) is 7.50. The lowest BCUT2D eigenvalue weighted by atomic mass is 10.1. The molecule has 0 radical (unpaired) electrons. The topological polar surface area (TPSA) is 38.9 Å². The molecule has 0 saturated heterocycles. The second-order valence-corrected chi connectivity index (χ2v) is 4.39. The maximum Gasteiger partial charge on any atom is 0.443 e. The van der Waals surface area contributed by atoms with Crippen LogP contribution >= 0.6 is 11.3 Å². The molecule has 0 atom stereocenters. The van der Waals surface area contributed by atoms with Gasteiger partial charge in [0.15, 0.2) is 5.01 Å². The Hall–Kier alpha value is -1.14. The monoisotopic (exact) mass is 246 g/mol. The average molecular weight is 246 g/mol. The molecule has 6 heteroatoms. The zero-order chi connectivity index (χ0) is 11.8. The van der Waals surface area contributed by atoms with Gasteiger partial charge in [0.05, 0.1) is 10.2 Å². The lowest BCUT2D eigenvalue weighted by Gasteiger charge is -1.98. The molecule has 2 nitrogen and oxygen atoms in total. The number of thiazole rings is 1. The summed E-state index contributed by atoms with van der Waals surface area (Å²) in [6.07, 6.45) is -3.70. The molecule has 1 aromatic heterocycles. The van der Waals surface area contributed by atoms with Crippen LogP contribution in [0.4, 0.5) is 13.2 Å². The molecule has 0 aliphatic rings. The van der Waals surface area contributed by atoms with Gasteiger partial charge in [-0.1, -0.05) is 6.07 Å². The third-order valence-electron chi connectivity index (χ3n) is 2.13. The summed E-state index contributed by atoms with van der Waals surface area (Å²) in [5.41, 5.74) is 6.71. The highest BCUT2D eigenvalue weighted by Crippen LogP contribution is 2.35. The van der Waals surface area contributed by atoms with Crippen LogP contribution in [-0.4, -0.2) is 11.5 Å². The Morgan fingerprint density at radius 2 is 2.06 bits per heavy atom. The number of halogens is 3. The number of nitrogens with two attached hydrogens (primary N) is 1. The first-order valence-corrected chi connectivity index (χ1v) is 5.49. The third kappa shape index (κ3) is 2.17. The van der Waals surface area contributed by atoms with E-state index in [1.54, 1.807) is 18.2 Å². The lowest BCUT2D eigenvalue weighted by Crippen LogP contribution is -2.03. The molecule has 0 spiro atoms. The molecular weight excluding hydrogens is 237 g/mol. The number of hydrogen-bond donors (Lipinski definition) is 1. The number of aromatic nitrogens is 1. The van der Waals surface area contributed by atoms with Crippen molar-refractivity contribution in [3.8, 4) is 0 Å². The van der Waals surface area contributed by atoms with Gasteiger partial charge in [0.1, 0.15) is 0 Å². The molecule has 0 bridgehead atoms. The van der Waals surface area contributed by atoms with E-state index in [1.807, 2.05) is 0 Å². The van der Waals surface area contributed by atoms with Gasteiger partial charge in [-0.25, -0.2) is 4.98 Å². The maximum atomic E-state index is 12.4. The molecule has 2 rings (SSSR count). The predicted molar refractivity (Wildman–Crippen MR) is 57.4 cm³/mol. The van der Waals surface area contributed by atoms with Crippen molar-refractivity contribution in [1.29, 1.82) is 0 Å². The van der Waals surface area contributed by atoms with Gasteiger partial charge in [-0.3, -0.25) is 0 Å². The van der Waals surface area contributed by atoms with Gasteiger partial charge >= 0.3 is 6.18 Å². The summed E-state index contributed by atoms with van der Waals surface area (Å²) < 4.78 is 37.8. The first-order valence-electron chi connectivity index (χ1n) is 4.67. The van der Waals surface area contributed by atoms with Crippen LogP contribution < -0.4 is 5.73 Å². The van der Waals surface area contributed by atoms with E-state index in [9.17, 15) is 13.2 Å². The molecule has 0 saturated carbocycles. The molecule has 16 heavy (non-hydrogen) atoms. The molecule has 1 aromatic carbocycles. The zero-order valence-corrected chi connectivity index (χ0v) is 9.03. The fraction of sp³-hybridized carbons (Fsp3) is 0.300. The highest BCUT2D eigenvalue weighted by molar-refractivity contribution is 7.18. The molecule has 2 aromatic rings. The van der Waals surface area contributed by atoms with Crippen LogP contribution in [0, 0.1) is 0 Å². The van der Waals surface area contributed by atoms with Crippen molar-refractivity contribution >= 4 is 21.6 Å². The number of rotatable bonds is 2. The van der Waals surface area contributed by atoms with Crippen molar-refractivity contribution in [1.82, 2.24) is 4.98 Å². The summed E-state index contributed by atoms with van der Waals surface area (Å²) >= 11 is 0.667. The number of fused-ring (bicyclic) bond motifs is 1. The summed E-state index contributed by atoms with van der Waals surface area (Å²) in [4.78, 5) is 3.55. The van der Waals surface area contributed by atoms with Crippen molar-refractivity contribution in [2.45, 2.75) is 12.6 Å². The van der Waals surface area contributed by atoms with E-state index in [4.69, 9.17) is 5.73 Å². The molecule has 0 unspecified atom stereocenters. The van der Waals surface area contributed by atoms with Gasteiger partial charge < -0.3 is 5.73 Å². The molecule has 0 aliphatic heterocycles. The normalized spacial score (nSPS) is 12.2. The van der Waals surface area contributed by atoms with Gasteiger partial charge in [-0.05, 0) is 30.7 Å². The van der Waals surface area contributed by atoms with E-state index in [0.717, 1.165) is 5.56 Å². The van der Waals surface area contributed by atoms with Crippen LogP contribution in [0.15, 0.2) is 18.2 Å². The first kappa shape index (κ1) is 11.3. The second kappa shape index (κ2) is 4.03. The van der Waals surface area contributed by atoms with Crippen molar-refractivity contribution < 1.29 is 13.2 Å². The number of benzene rings is 1. The molecule has 2 N–H and O–H groups in total. The number of nitrogens with zero attached hydrogens (tertiary/aromatic N) is 1. The standard InChI is InChI=1S/C10H9F3N2S/c11-10(12,13)9-15-7-2-1-6(3-4-14)5-8(7)16-9/h1-2,5H,3-4,14H2. The smallest absolute Gasteiger partial charge is 0.330 e. The number of alkyl halides is 3. The largest absolute Gasteiger partial charge is 0.443 e. The van der Waals surface area contributed by atoms with Gasteiger partial charge in [-0.2, -0.15) is 13.2 Å². The van der Waals surface area contributed by atoms with E-state index in [0.29, 0.717) is 34.5 Å². The molecular formula is C10H9F3N2S. The summed E-state index contributed by atoms with van der Waals surface area (Å²) in [5, 5.41) is -0.799. The van der Waals surface area contributed by atoms with E-state index in [2.05, 4.69) is 4.98 Å². The summed E-state index contributed by atoms with van der Waals surface area (Å²) in [7, 11) is 0. The van der Waals surface area contributed by atoms with Crippen LogP contribution in [0.3, 0.4) is 0 Å².